The van der Waals surface area contributed by atoms with Gasteiger partial charge in [0.2, 0.25) is 5.91 Å². The summed E-state index contributed by atoms with van der Waals surface area (Å²) in [5.74, 6) is -0.160. The van der Waals surface area contributed by atoms with Gasteiger partial charge in [-0.3, -0.25) is 4.79 Å². The molecule has 0 aliphatic carbocycles. The van der Waals surface area contributed by atoms with E-state index in [2.05, 4.69) is 153 Å². The zero-order valence-corrected chi connectivity index (χ0v) is 50.1. The maximum absolute atomic E-state index is 13.1. The fourth-order valence-electron chi connectivity index (χ4n) is 9.28. The van der Waals surface area contributed by atoms with Gasteiger partial charge in [-0.25, -0.2) is 0 Å². The lowest BCUT2D eigenvalue weighted by Crippen LogP contribution is -2.60. The summed E-state index contributed by atoms with van der Waals surface area (Å²) in [6.07, 6.45) is 80.6. The van der Waals surface area contributed by atoms with Gasteiger partial charge in [0.15, 0.2) is 6.29 Å². The average molecular weight is 1100 g/mol. The van der Waals surface area contributed by atoms with Crippen molar-refractivity contribution in [3.8, 4) is 0 Å². The number of rotatable bonds is 53. The summed E-state index contributed by atoms with van der Waals surface area (Å²) in [4.78, 5) is 13.1. The molecule has 0 aromatic rings. The number of aliphatic hydroxyl groups is 5. The Bertz CT molecular complexity index is 1700. The van der Waals surface area contributed by atoms with E-state index in [9.17, 15) is 30.3 Å². The molecule has 0 aromatic heterocycles. The lowest BCUT2D eigenvalue weighted by Gasteiger charge is -2.40. The molecule has 0 spiro atoms. The molecule has 6 N–H and O–H groups in total. The number of carbonyl (C=O) groups excluding carboxylic acids is 1. The summed E-state index contributed by atoms with van der Waals surface area (Å²) < 4.78 is 11.3. The number of hydrogen-bond donors (Lipinski definition) is 6. The number of allylic oxidation sites excluding steroid dienone is 22. The molecule has 0 radical (unpaired) electrons. The topological polar surface area (TPSA) is 149 Å². The van der Waals surface area contributed by atoms with Crippen LogP contribution in [0.3, 0.4) is 0 Å². The van der Waals surface area contributed by atoms with Crippen LogP contribution in [-0.4, -0.2) is 87.5 Å². The van der Waals surface area contributed by atoms with E-state index < -0.39 is 49.5 Å². The second-order valence-corrected chi connectivity index (χ2v) is 21.5. The Kier molecular flexibility index (Phi) is 53.4. The highest BCUT2D eigenvalue weighted by atomic mass is 16.7. The van der Waals surface area contributed by atoms with E-state index in [0.717, 1.165) is 122 Å². The number of hydrogen-bond acceptors (Lipinski definition) is 8. The van der Waals surface area contributed by atoms with Gasteiger partial charge in [-0.05, 0) is 96.3 Å². The second kappa shape index (κ2) is 57.6. The summed E-state index contributed by atoms with van der Waals surface area (Å²) >= 11 is 0. The van der Waals surface area contributed by atoms with Crippen LogP contribution in [0.15, 0.2) is 134 Å². The van der Waals surface area contributed by atoms with Crippen LogP contribution in [0.2, 0.25) is 0 Å². The van der Waals surface area contributed by atoms with E-state index in [1.807, 2.05) is 0 Å². The lowest BCUT2D eigenvalue weighted by molar-refractivity contribution is -0.302. The SMILES string of the molecule is CC/C=C\C/C=C\C/C=C\C/C=C\C/C=C\C/C=C\C/C=C\C/C=C\C/C=C\C/C=C\C/C=C\CCCCCCCCCC(=O)NC(COC1OC(CO)C(O)C(O)C1O)C(O)CCCCCCCCCCCCCCCCC. The molecule has 1 aliphatic rings. The summed E-state index contributed by atoms with van der Waals surface area (Å²) in [5, 5.41) is 54.7. The van der Waals surface area contributed by atoms with Crippen molar-refractivity contribution in [2.75, 3.05) is 13.2 Å². The minimum Gasteiger partial charge on any atom is -0.394 e. The third-order valence-corrected chi connectivity index (χ3v) is 14.3. The Labute approximate surface area is 483 Å². The molecule has 7 unspecified atom stereocenters. The summed E-state index contributed by atoms with van der Waals surface area (Å²) in [6.45, 7) is 3.71. The molecule has 1 heterocycles. The molecule has 450 valence electrons. The Hall–Kier alpha value is -3.67. The van der Waals surface area contributed by atoms with Gasteiger partial charge in [0.25, 0.3) is 0 Å². The summed E-state index contributed by atoms with van der Waals surface area (Å²) in [6, 6.07) is -0.734. The maximum atomic E-state index is 13.1. The Morgan fingerprint density at radius 3 is 1.16 bits per heavy atom. The standard InChI is InChI=1S/C70H117NO8/c1-3-5-7-9-11-13-15-17-19-20-21-22-23-24-25-26-27-28-29-30-31-32-33-34-35-36-37-38-39-40-41-42-43-44-46-48-50-52-54-56-58-60-66(74)71-63(62-78-70-69(77)68(76)67(75)65(61-72)79-70)64(73)59-57-55-53-51-49-47-45-18-16-14-12-10-8-6-4-2/h5,7,11,13,17,19,21-22,24-25,27-28,30-31,33-34,36-37,39-40,42-43,63-65,67-70,72-73,75-77H,3-4,6,8-10,12,14-16,18,20,23,26,29,32,35,38,41,44-62H2,1-2H3,(H,71,74)/b7-5-,13-11-,19-17-,22-21-,25-24-,28-27-,31-30-,34-33-,37-36-,40-39-,43-42-. The molecule has 1 amide bonds. The highest BCUT2D eigenvalue weighted by Gasteiger charge is 2.44. The number of ether oxygens (including phenoxy) is 2. The van der Waals surface area contributed by atoms with Gasteiger partial charge in [-0.1, -0.05) is 276 Å². The zero-order valence-electron chi connectivity index (χ0n) is 50.1. The van der Waals surface area contributed by atoms with Crippen LogP contribution in [0.1, 0.15) is 245 Å². The third kappa shape index (κ3) is 46.6. The van der Waals surface area contributed by atoms with Gasteiger partial charge in [0, 0.05) is 6.42 Å². The van der Waals surface area contributed by atoms with Crippen molar-refractivity contribution in [3.05, 3.63) is 134 Å². The number of nitrogens with one attached hydrogen (secondary N) is 1. The molecule has 79 heavy (non-hydrogen) atoms. The van der Waals surface area contributed by atoms with Crippen molar-refractivity contribution in [2.24, 2.45) is 0 Å². The predicted molar refractivity (Wildman–Crippen MR) is 336 cm³/mol. The van der Waals surface area contributed by atoms with E-state index in [4.69, 9.17) is 9.47 Å². The van der Waals surface area contributed by atoms with E-state index in [-0.39, 0.29) is 12.5 Å². The highest BCUT2D eigenvalue weighted by Crippen LogP contribution is 2.23. The van der Waals surface area contributed by atoms with E-state index in [0.29, 0.717) is 12.8 Å². The highest BCUT2D eigenvalue weighted by molar-refractivity contribution is 5.76. The van der Waals surface area contributed by atoms with Crippen LogP contribution in [0.4, 0.5) is 0 Å². The molecule has 9 nitrogen and oxygen atoms in total. The molecule has 1 saturated heterocycles. The number of unbranched alkanes of at least 4 members (excludes halogenated alkanes) is 21. The monoisotopic (exact) mass is 1100 g/mol. The molecule has 0 bridgehead atoms. The second-order valence-electron chi connectivity index (χ2n) is 21.5. The maximum Gasteiger partial charge on any atom is 0.220 e. The van der Waals surface area contributed by atoms with Crippen molar-refractivity contribution < 1.29 is 39.8 Å². The van der Waals surface area contributed by atoms with Crippen molar-refractivity contribution >= 4 is 5.91 Å². The Balaban J connectivity index is 2.15. The van der Waals surface area contributed by atoms with Crippen molar-refractivity contribution in [2.45, 2.75) is 288 Å². The quantitative estimate of drug-likeness (QED) is 0.0261. The van der Waals surface area contributed by atoms with Gasteiger partial charge in [0.05, 0.1) is 25.4 Å². The zero-order chi connectivity index (χ0) is 57.2. The molecule has 9 heteroatoms. The molecule has 0 aromatic carbocycles. The fourth-order valence-corrected chi connectivity index (χ4v) is 9.28. The van der Waals surface area contributed by atoms with E-state index >= 15 is 0 Å². The first kappa shape index (κ1) is 73.3. The van der Waals surface area contributed by atoms with E-state index in [1.165, 1.54) is 96.3 Å². The normalized spacial score (nSPS) is 19.5. The Morgan fingerprint density at radius 1 is 0.443 bits per heavy atom. The largest absolute Gasteiger partial charge is 0.394 e. The molecule has 1 rings (SSSR count). The molecule has 1 aliphatic heterocycles. The smallest absolute Gasteiger partial charge is 0.220 e. The van der Waals surface area contributed by atoms with Gasteiger partial charge in [-0.2, -0.15) is 0 Å². The minimum atomic E-state index is -1.56. The van der Waals surface area contributed by atoms with Gasteiger partial charge < -0.3 is 40.3 Å². The van der Waals surface area contributed by atoms with Crippen LogP contribution in [-0.2, 0) is 14.3 Å². The Morgan fingerprint density at radius 2 is 0.785 bits per heavy atom. The number of aliphatic hydroxyl groups excluding tert-OH is 5. The first-order chi connectivity index (χ1) is 38.8. The van der Waals surface area contributed by atoms with Gasteiger partial charge in [-0.15, -0.1) is 0 Å². The molecule has 7 atom stereocenters. The van der Waals surface area contributed by atoms with Crippen molar-refractivity contribution in [1.29, 1.82) is 0 Å². The van der Waals surface area contributed by atoms with Crippen LogP contribution < -0.4 is 5.32 Å². The average Bonchev–Trinajstić information content (AvgIpc) is 3.46. The molecular formula is C70H117NO8. The first-order valence-corrected chi connectivity index (χ1v) is 31.9. The number of carbonyl (C=O) groups is 1. The van der Waals surface area contributed by atoms with Crippen molar-refractivity contribution in [1.82, 2.24) is 5.32 Å². The van der Waals surface area contributed by atoms with Crippen LogP contribution in [0.25, 0.3) is 0 Å². The summed E-state index contributed by atoms with van der Waals surface area (Å²) in [5.41, 5.74) is 0. The molecule has 1 fully saturated rings. The van der Waals surface area contributed by atoms with Gasteiger partial charge >= 0.3 is 0 Å². The lowest BCUT2D eigenvalue weighted by atomic mass is 9.99. The predicted octanol–water partition coefficient (Wildman–Crippen LogP) is 16.9. The van der Waals surface area contributed by atoms with Crippen molar-refractivity contribution in [3.63, 3.8) is 0 Å². The third-order valence-electron chi connectivity index (χ3n) is 14.3. The van der Waals surface area contributed by atoms with Gasteiger partial charge in [0.1, 0.15) is 24.4 Å². The molecular weight excluding hydrogens is 983 g/mol. The van der Waals surface area contributed by atoms with Crippen LogP contribution in [0.5, 0.6) is 0 Å². The summed E-state index contributed by atoms with van der Waals surface area (Å²) in [7, 11) is 0. The van der Waals surface area contributed by atoms with Crippen LogP contribution >= 0.6 is 0 Å². The number of amides is 1. The van der Waals surface area contributed by atoms with Crippen LogP contribution in [0, 0.1) is 0 Å². The fraction of sp³-hybridized carbons (Fsp3) is 0.671. The molecule has 0 saturated carbocycles. The van der Waals surface area contributed by atoms with E-state index in [1.54, 1.807) is 0 Å². The minimum absolute atomic E-state index is 0.149. The first-order valence-electron chi connectivity index (χ1n) is 31.9.